The molecule has 1 aromatic rings. The quantitative estimate of drug-likeness (QED) is 0.817. The third-order valence-corrected chi connectivity index (χ3v) is 6.50. The van der Waals surface area contributed by atoms with E-state index >= 15 is 0 Å². The molecule has 1 aromatic heterocycles. The molecule has 3 fully saturated rings. The molecule has 0 unspecified atom stereocenters. The number of hydrogen-bond donors (Lipinski definition) is 0. The van der Waals surface area contributed by atoms with Crippen molar-refractivity contribution in [1.29, 1.82) is 0 Å². The van der Waals surface area contributed by atoms with Gasteiger partial charge in [-0.25, -0.2) is 9.78 Å². The van der Waals surface area contributed by atoms with Crippen LogP contribution in [0.25, 0.3) is 0 Å². The second-order valence-electron chi connectivity index (χ2n) is 7.26. The first-order chi connectivity index (χ1) is 11.7. The van der Waals surface area contributed by atoms with Crippen LogP contribution in [0.2, 0.25) is 0 Å². The fraction of sp³-hybridized carbons (Fsp3) is 0.765. The molecule has 0 saturated carbocycles. The summed E-state index contributed by atoms with van der Waals surface area (Å²) in [7, 11) is 0. The van der Waals surface area contributed by atoms with Crippen molar-refractivity contribution in [1.82, 2.24) is 19.7 Å². The number of aromatic nitrogens is 1. The molecule has 7 heteroatoms. The number of carbonyl (C=O) groups is 1. The Balaban J connectivity index is 1.29. The van der Waals surface area contributed by atoms with Gasteiger partial charge in [-0.15, -0.1) is 11.3 Å². The lowest BCUT2D eigenvalue weighted by Crippen LogP contribution is -2.52. The van der Waals surface area contributed by atoms with Crippen LogP contribution in [0.4, 0.5) is 4.79 Å². The Morgan fingerprint density at radius 1 is 1.12 bits per heavy atom. The molecule has 0 radical (unpaired) electrons. The lowest BCUT2D eigenvalue weighted by Gasteiger charge is -2.41. The highest BCUT2D eigenvalue weighted by molar-refractivity contribution is 7.09. The fourth-order valence-corrected chi connectivity index (χ4v) is 4.88. The van der Waals surface area contributed by atoms with Crippen molar-refractivity contribution in [3.8, 4) is 0 Å². The largest absolute Gasteiger partial charge is 0.378 e. The molecule has 0 bridgehead atoms. The third-order valence-electron chi connectivity index (χ3n) is 5.74. The zero-order valence-electron chi connectivity index (χ0n) is 14.2. The minimum Gasteiger partial charge on any atom is -0.378 e. The molecule has 6 nitrogen and oxygen atoms in total. The zero-order valence-corrected chi connectivity index (χ0v) is 15.0. The lowest BCUT2D eigenvalue weighted by molar-refractivity contribution is 0.0352. The van der Waals surface area contributed by atoms with Crippen LogP contribution in [-0.2, 0) is 11.3 Å². The van der Waals surface area contributed by atoms with Crippen LogP contribution < -0.4 is 0 Å². The van der Waals surface area contributed by atoms with Gasteiger partial charge >= 0.3 is 6.03 Å². The maximum Gasteiger partial charge on any atom is 0.320 e. The summed E-state index contributed by atoms with van der Waals surface area (Å²) in [6, 6.07) is 0.214. The first kappa shape index (κ1) is 16.3. The van der Waals surface area contributed by atoms with Gasteiger partial charge in [0.25, 0.3) is 0 Å². The van der Waals surface area contributed by atoms with Crippen molar-refractivity contribution in [3.05, 3.63) is 16.6 Å². The number of hydrogen-bond acceptors (Lipinski definition) is 5. The van der Waals surface area contributed by atoms with E-state index in [2.05, 4.69) is 20.2 Å². The summed E-state index contributed by atoms with van der Waals surface area (Å²) in [6.45, 7) is 7.94. The first-order valence-electron chi connectivity index (χ1n) is 8.97. The van der Waals surface area contributed by atoms with Crippen LogP contribution in [0.5, 0.6) is 0 Å². The Labute approximate surface area is 147 Å². The minimum atomic E-state index is 0.214. The lowest BCUT2D eigenvalue weighted by atomic mass is 9.78. The smallest absolute Gasteiger partial charge is 0.320 e. The highest BCUT2D eigenvalue weighted by atomic mass is 32.1. The molecule has 2 amide bonds. The zero-order chi connectivity index (χ0) is 16.4. The summed E-state index contributed by atoms with van der Waals surface area (Å²) in [5.41, 5.74) is 0.416. The number of amides is 2. The summed E-state index contributed by atoms with van der Waals surface area (Å²) >= 11 is 1.74. The van der Waals surface area contributed by atoms with E-state index in [0.717, 1.165) is 58.7 Å². The number of ether oxygens (including phenoxy) is 1. The molecule has 24 heavy (non-hydrogen) atoms. The molecule has 4 rings (SSSR count). The number of piperidine rings is 1. The van der Waals surface area contributed by atoms with Crippen molar-refractivity contribution in [2.45, 2.75) is 25.8 Å². The number of rotatable bonds is 2. The molecule has 3 saturated heterocycles. The summed E-state index contributed by atoms with van der Waals surface area (Å²) in [5, 5.41) is 3.27. The Morgan fingerprint density at radius 3 is 2.54 bits per heavy atom. The van der Waals surface area contributed by atoms with Gasteiger partial charge in [0, 0.05) is 44.3 Å². The molecule has 4 heterocycles. The Kier molecular flexibility index (Phi) is 4.74. The van der Waals surface area contributed by atoms with Gasteiger partial charge in [0.1, 0.15) is 5.01 Å². The van der Waals surface area contributed by atoms with E-state index in [-0.39, 0.29) is 6.03 Å². The standard InChI is InChI=1S/C17H26N4O2S/c22-16(21-8-10-23-11-9-21)20-6-2-17(3-7-20)1-5-19(14-17)13-15-18-4-12-24-15/h4,12H,1-3,5-11,13-14H2. The van der Waals surface area contributed by atoms with Gasteiger partial charge in [0.2, 0.25) is 0 Å². The van der Waals surface area contributed by atoms with E-state index in [9.17, 15) is 4.79 Å². The molecule has 3 aliphatic rings. The van der Waals surface area contributed by atoms with E-state index < -0.39 is 0 Å². The first-order valence-corrected chi connectivity index (χ1v) is 9.84. The maximum atomic E-state index is 12.6. The average Bonchev–Trinajstić information content (AvgIpc) is 3.27. The van der Waals surface area contributed by atoms with E-state index in [4.69, 9.17) is 4.74 Å². The molecular formula is C17H26N4O2S. The highest BCUT2D eigenvalue weighted by Crippen LogP contribution is 2.41. The number of thiazole rings is 1. The molecule has 3 aliphatic heterocycles. The van der Waals surface area contributed by atoms with Crippen LogP contribution >= 0.6 is 11.3 Å². The molecular weight excluding hydrogens is 324 g/mol. The Hall–Kier alpha value is -1.18. The predicted octanol–water partition coefficient (Wildman–Crippen LogP) is 1.88. The van der Waals surface area contributed by atoms with Crippen LogP contribution in [-0.4, -0.2) is 78.2 Å². The number of carbonyl (C=O) groups excluding carboxylic acids is 1. The third kappa shape index (κ3) is 3.43. The van der Waals surface area contributed by atoms with Gasteiger partial charge in [0.15, 0.2) is 0 Å². The van der Waals surface area contributed by atoms with Gasteiger partial charge in [-0.3, -0.25) is 4.90 Å². The molecule has 0 aromatic carbocycles. The number of likely N-dealkylation sites (tertiary alicyclic amines) is 2. The van der Waals surface area contributed by atoms with Crippen LogP contribution in [0, 0.1) is 5.41 Å². The highest BCUT2D eigenvalue weighted by Gasteiger charge is 2.41. The fourth-order valence-electron chi connectivity index (χ4n) is 4.22. The van der Waals surface area contributed by atoms with E-state index in [1.165, 1.54) is 11.4 Å². The molecule has 0 atom stereocenters. The van der Waals surface area contributed by atoms with E-state index in [1.807, 2.05) is 11.1 Å². The van der Waals surface area contributed by atoms with Crippen molar-refractivity contribution in [3.63, 3.8) is 0 Å². The molecule has 132 valence electrons. The van der Waals surface area contributed by atoms with Crippen LogP contribution in [0.15, 0.2) is 11.6 Å². The summed E-state index contributed by atoms with van der Waals surface area (Å²) in [4.78, 5) is 23.6. The van der Waals surface area contributed by atoms with Gasteiger partial charge in [-0.1, -0.05) is 0 Å². The molecule has 1 spiro atoms. The maximum absolute atomic E-state index is 12.6. The minimum absolute atomic E-state index is 0.214. The van der Waals surface area contributed by atoms with Gasteiger partial charge in [-0.05, 0) is 31.2 Å². The van der Waals surface area contributed by atoms with Crippen LogP contribution in [0.1, 0.15) is 24.3 Å². The molecule has 0 N–H and O–H groups in total. The molecule has 0 aliphatic carbocycles. The monoisotopic (exact) mass is 350 g/mol. The van der Waals surface area contributed by atoms with Crippen molar-refractivity contribution in [2.75, 3.05) is 52.5 Å². The summed E-state index contributed by atoms with van der Waals surface area (Å²) < 4.78 is 5.35. The topological polar surface area (TPSA) is 48.9 Å². The number of nitrogens with zero attached hydrogens (tertiary/aromatic N) is 4. The van der Waals surface area contributed by atoms with Crippen molar-refractivity contribution >= 4 is 17.4 Å². The van der Waals surface area contributed by atoms with Gasteiger partial charge in [0.05, 0.1) is 19.8 Å². The Morgan fingerprint density at radius 2 is 1.83 bits per heavy atom. The van der Waals surface area contributed by atoms with E-state index in [1.54, 1.807) is 11.3 Å². The average molecular weight is 350 g/mol. The van der Waals surface area contributed by atoms with Gasteiger partial charge in [-0.2, -0.15) is 0 Å². The second kappa shape index (κ2) is 6.98. The SMILES string of the molecule is O=C(N1CCOCC1)N1CCC2(CCN(Cc3nccs3)C2)CC1. The van der Waals surface area contributed by atoms with Crippen LogP contribution in [0.3, 0.4) is 0 Å². The Bertz CT molecular complexity index is 551. The van der Waals surface area contributed by atoms with E-state index in [0.29, 0.717) is 18.6 Å². The predicted molar refractivity (Wildman–Crippen MR) is 93.0 cm³/mol. The number of morpholine rings is 1. The second-order valence-corrected chi connectivity index (χ2v) is 8.23. The van der Waals surface area contributed by atoms with Crippen molar-refractivity contribution < 1.29 is 9.53 Å². The summed E-state index contributed by atoms with van der Waals surface area (Å²) in [6.07, 6.45) is 5.43. The normalized spacial score (nSPS) is 24.7. The van der Waals surface area contributed by atoms with Gasteiger partial charge < -0.3 is 14.5 Å². The number of urea groups is 1. The van der Waals surface area contributed by atoms with Crippen molar-refractivity contribution in [2.24, 2.45) is 5.41 Å². The summed E-state index contributed by atoms with van der Waals surface area (Å²) in [5.74, 6) is 0.